The number of hydrogen-bond donors (Lipinski definition) is 1. The second kappa shape index (κ2) is 4.79. The maximum absolute atomic E-state index is 12.7. The van der Waals surface area contributed by atoms with E-state index in [9.17, 15) is 4.39 Å². The van der Waals surface area contributed by atoms with E-state index in [1.807, 2.05) is 6.08 Å². The smallest absolute Gasteiger partial charge is 0.123 e. The Labute approximate surface area is 96.2 Å². The van der Waals surface area contributed by atoms with Crippen molar-refractivity contribution < 1.29 is 4.39 Å². The predicted molar refractivity (Wildman–Crippen MR) is 65.4 cm³/mol. The van der Waals surface area contributed by atoms with E-state index >= 15 is 0 Å². The lowest BCUT2D eigenvalue weighted by Gasteiger charge is -2.30. The number of halogens is 1. The van der Waals surface area contributed by atoms with Crippen molar-refractivity contribution >= 4 is 6.08 Å². The van der Waals surface area contributed by atoms with Gasteiger partial charge in [0.15, 0.2) is 0 Å². The molecule has 1 aliphatic carbocycles. The van der Waals surface area contributed by atoms with Crippen LogP contribution in [0.3, 0.4) is 0 Å². The van der Waals surface area contributed by atoms with Crippen LogP contribution >= 0.6 is 0 Å². The maximum Gasteiger partial charge on any atom is 0.123 e. The molecule has 0 spiro atoms. The van der Waals surface area contributed by atoms with Gasteiger partial charge in [-0.25, -0.2) is 4.39 Å². The fraction of sp³-hybridized carbons (Fsp3) is 0.429. The summed E-state index contributed by atoms with van der Waals surface area (Å²) in [6.45, 7) is 0. The Bertz CT molecular complexity index is 361. The molecule has 86 valence electrons. The lowest BCUT2D eigenvalue weighted by molar-refractivity contribution is 0.360. The SMILES string of the molecule is NC1(/C=C/c2ccc(F)cc2)CCCCC1. The molecule has 2 heteroatoms. The third kappa shape index (κ3) is 2.92. The monoisotopic (exact) mass is 219 g/mol. The van der Waals surface area contributed by atoms with Gasteiger partial charge >= 0.3 is 0 Å². The van der Waals surface area contributed by atoms with Gasteiger partial charge in [-0.3, -0.25) is 0 Å². The molecule has 1 aromatic rings. The highest BCUT2D eigenvalue weighted by molar-refractivity contribution is 5.50. The summed E-state index contributed by atoms with van der Waals surface area (Å²) < 4.78 is 12.7. The number of rotatable bonds is 2. The van der Waals surface area contributed by atoms with Gasteiger partial charge in [-0.15, -0.1) is 0 Å². The lowest BCUT2D eigenvalue weighted by atomic mass is 9.82. The normalized spacial score (nSPS) is 20.1. The minimum atomic E-state index is -0.197. The minimum absolute atomic E-state index is 0.146. The summed E-state index contributed by atoms with van der Waals surface area (Å²) in [7, 11) is 0. The highest BCUT2D eigenvalue weighted by atomic mass is 19.1. The van der Waals surface area contributed by atoms with Crippen molar-refractivity contribution in [1.82, 2.24) is 0 Å². The van der Waals surface area contributed by atoms with E-state index in [2.05, 4.69) is 6.08 Å². The van der Waals surface area contributed by atoms with Gasteiger partial charge in [0.05, 0.1) is 0 Å². The van der Waals surface area contributed by atoms with Crippen molar-refractivity contribution in [3.05, 3.63) is 41.7 Å². The Morgan fingerprint density at radius 3 is 2.31 bits per heavy atom. The van der Waals surface area contributed by atoms with Crippen molar-refractivity contribution in [2.75, 3.05) is 0 Å². The molecule has 0 heterocycles. The zero-order chi connectivity index (χ0) is 11.4. The standard InChI is InChI=1S/C14H18FN/c15-13-6-4-12(5-7-13)8-11-14(16)9-2-1-3-10-14/h4-8,11H,1-3,9-10,16H2/b11-8+. The van der Waals surface area contributed by atoms with Gasteiger partial charge in [-0.2, -0.15) is 0 Å². The van der Waals surface area contributed by atoms with E-state index in [4.69, 9.17) is 5.73 Å². The third-order valence-corrected chi connectivity index (χ3v) is 3.26. The summed E-state index contributed by atoms with van der Waals surface area (Å²) in [4.78, 5) is 0. The van der Waals surface area contributed by atoms with Crippen molar-refractivity contribution in [3.8, 4) is 0 Å². The van der Waals surface area contributed by atoms with Crippen LogP contribution in [0, 0.1) is 5.82 Å². The van der Waals surface area contributed by atoms with E-state index in [0.717, 1.165) is 18.4 Å². The molecule has 0 atom stereocenters. The van der Waals surface area contributed by atoms with Crippen LogP contribution in [0.1, 0.15) is 37.7 Å². The molecule has 0 aliphatic heterocycles. The molecule has 16 heavy (non-hydrogen) atoms. The summed E-state index contributed by atoms with van der Waals surface area (Å²) in [6, 6.07) is 6.50. The van der Waals surface area contributed by atoms with Gasteiger partial charge in [-0.05, 0) is 30.5 Å². The average Bonchev–Trinajstić information content (AvgIpc) is 2.29. The molecule has 1 aromatic carbocycles. The Morgan fingerprint density at radius 2 is 1.69 bits per heavy atom. The second-order valence-corrected chi connectivity index (χ2v) is 4.68. The van der Waals surface area contributed by atoms with Crippen molar-refractivity contribution in [1.29, 1.82) is 0 Å². The summed E-state index contributed by atoms with van der Waals surface area (Å²) in [5.74, 6) is -0.197. The number of benzene rings is 1. The summed E-state index contributed by atoms with van der Waals surface area (Å²) in [5, 5.41) is 0. The van der Waals surface area contributed by atoms with Crippen LogP contribution in [0.5, 0.6) is 0 Å². The zero-order valence-electron chi connectivity index (χ0n) is 9.45. The molecule has 2 N–H and O–H groups in total. The van der Waals surface area contributed by atoms with Crippen LogP contribution in [0.4, 0.5) is 4.39 Å². The molecule has 2 rings (SSSR count). The average molecular weight is 219 g/mol. The quantitative estimate of drug-likeness (QED) is 0.809. The molecule has 1 nitrogen and oxygen atoms in total. The molecular weight excluding hydrogens is 201 g/mol. The lowest BCUT2D eigenvalue weighted by Crippen LogP contribution is -2.39. The molecule has 0 saturated heterocycles. The van der Waals surface area contributed by atoms with Crippen LogP contribution in [0.2, 0.25) is 0 Å². The Balaban J connectivity index is 2.05. The highest BCUT2D eigenvalue weighted by Gasteiger charge is 2.23. The molecule has 1 fully saturated rings. The third-order valence-electron chi connectivity index (χ3n) is 3.26. The summed E-state index contributed by atoms with van der Waals surface area (Å²) in [6.07, 6.45) is 9.93. The molecule has 0 bridgehead atoms. The molecule has 0 aromatic heterocycles. The predicted octanol–water partition coefficient (Wildman–Crippen LogP) is 3.50. The Kier molecular flexibility index (Phi) is 3.39. The number of hydrogen-bond acceptors (Lipinski definition) is 1. The molecule has 0 radical (unpaired) electrons. The van der Waals surface area contributed by atoms with Crippen molar-refractivity contribution in [2.45, 2.75) is 37.6 Å². The molecule has 1 aliphatic rings. The van der Waals surface area contributed by atoms with Gasteiger partial charge < -0.3 is 5.73 Å². The molecule has 0 amide bonds. The van der Waals surface area contributed by atoms with E-state index in [1.54, 1.807) is 12.1 Å². The van der Waals surface area contributed by atoms with Gasteiger partial charge in [0, 0.05) is 5.54 Å². The number of nitrogens with two attached hydrogens (primary N) is 1. The fourth-order valence-corrected chi connectivity index (χ4v) is 2.21. The van der Waals surface area contributed by atoms with E-state index in [0.29, 0.717) is 0 Å². The van der Waals surface area contributed by atoms with Crippen molar-refractivity contribution in [2.24, 2.45) is 5.73 Å². The molecule has 0 unspecified atom stereocenters. The minimum Gasteiger partial charge on any atom is -0.322 e. The van der Waals surface area contributed by atoms with Gasteiger partial charge in [0.25, 0.3) is 0 Å². The van der Waals surface area contributed by atoms with E-state index < -0.39 is 0 Å². The van der Waals surface area contributed by atoms with Crippen LogP contribution in [-0.4, -0.2) is 5.54 Å². The topological polar surface area (TPSA) is 26.0 Å². The molecular formula is C14H18FN. The van der Waals surface area contributed by atoms with Crippen LogP contribution in [0.15, 0.2) is 30.3 Å². The largest absolute Gasteiger partial charge is 0.322 e. The van der Waals surface area contributed by atoms with Crippen LogP contribution in [-0.2, 0) is 0 Å². The Hall–Kier alpha value is -1.15. The maximum atomic E-state index is 12.7. The molecule has 1 saturated carbocycles. The highest BCUT2D eigenvalue weighted by Crippen LogP contribution is 2.27. The Morgan fingerprint density at radius 1 is 1.06 bits per heavy atom. The van der Waals surface area contributed by atoms with Gasteiger partial charge in [-0.1, -0.05) is 43.5 Å². The van der Waals surface area contributed by atoms with Crippen LogP contribution < -0.4 is 5.73 Å². The first-order valence-corrected chi connectivity index (χ1v) is 5.92. The first-order chi connectivity index (χ1) is 7.68. The zero-order valence-corrected chi connectivity index (χ0v) is 9.45. The van der Waals surface area contributed by atoms with Crippen LogP contribution in [0.25, 0.3) is 6.08 Å². The first kappa shape index (κ1) is 11.3. The van der Waals surface area contributed by atoms with Crippen molar-refractivity contribution in [3.63, 3.8) is 0 Å². The summed E-state index contributed by atoms with van der Waals surface area (Å²) >= 11 is 0. The van der Waals surface area contributed by atoms with E-state index in [1.165, 1.54) is 31.4 Å². The summed E-state index contributed by atoms with van der Waals surface area (Å²) in [5.41, 5.74) is 7.14. The fourth-order valence-electron chi connectivity index (χ4n) is 2.21. The first-order valence-electron chi connectivity index (χ1n) is 5.92. The van der Waals surface area contributed by atoms with Gasteiger partial charge in [0.2, 0.25) is 0 Å². The van der Waals surface area contributed by atoms with Gasteiger partial charge in [0.1, 0.15) is 5.82 Å². The second-order valence-electron chi connectivity index (χ2n) is 4.68. The van der Waals surface area contributed by atoms with E-state index in [-0.39, 0.29) is 11.4 Å².